The fraction of sp³-hybridized carbons (Fsp3) is 0.269. The van der Waals surface area contributed by atoms with Crippen LogP contribution in [0.2, 0.25) is 0 Å². The Morgan fingerprint density at radius 2 is 1.78 bits per heavy atom. The first-order chi connectivity index (χ1) is 15.6. The van der Waals surface area contributed by atoms with E-state index in [-0.39, 0.29) is 43.0 Å². The molecule has 5 rings (SSSR count). The van der Waals surface area contributed by atoms with Crippen molar-refractivity contribution in [2.45, 2.75) is 24.9 Å². The first-order valence-corrected chi connectivity index (χ1v) is 10.9. The van der Waals surface area contributed by atoms with Crippen molar-refractivity contribution in [3.8, 4) is 11.1 Å². The zero-order valence-electron chi connectivity index (χ0n) is 17.9. The topological polar surface area (TPSA) is 73.7 Å². The first kappa shape index (κ1) is 20.4. The molecule has 3 heterocycles. The lowest BCUT2D eigenvalue weighted by molar-refractivity contribution is -0.159. The molecule has 0 radical (unpaired) electrons. The monoisotopic (exact) mass is 427 g/mol. The lowest BCUT2D eigenvalue weighted by Crippen LogP contribution is -2.73. The molecule has 2 aliphatic rings. The van der Waals surface area contributed by atoms with Gasteiger partial charge in [0, 0.05) is 30.4 Å². The Hall–Kier alpha value is -3.51. The smallest absolute Gasteiger partial charge is 0.254 e. The standard InChI is InChI=1S/C26H25N3O3/c1-17-4-2-3-5-21(17)18-6-8-19(9-7-18)25-22-14-28(15-24(31)29(22)23(25)16-30)26(32)20-10-12-27-13-11-20/h2-13,22-23,25,30H,14-16H2,1H3/t22-,23-,25-/m0/s1. The van der Waals surface area contributed by atoms with Gasteiger partial charge in [-0.15, -0.1) is 0 Å². The van der Waals surface area contributed by atoms with E-state index in [4.69, 9.17) is 0 Å². The van der Waals surface area contributed by atoms with Gasteiger partial charge in [0.05, 0.1) is 18.7 Å². The molecule has 0 bridgehead atoms. The van der Waals surface area contributed by atoms with Gasteiger partial charge in [0.15, 0.2) is 0 Å². The van der Waals surface area contributed by atoms with Gasteiger partial charge in [-0.25, -0.2) is 0 Å². The van der Waals surface area contributed by atoms with Gasteiger partial charge < -0.3 is 14.9 Å². The number of aliphatic hydroxyl groups is 1. The second kappa shape index (κ2) is 8.20. The Kier molecular flexibility index (Phi) is 5.23. The molecular weight excluding hydrogens is 402 g/mol. The molecule has 6 nitrogen and oxygen atoms in total. The molecule has 2 aliphatic heterocycles. The molecule has 0 aliphatic carbocycles. The zero-order valence-corrected chi connectivity index (χ0v) is 17.9. The van der Waals surface area contributed by atoms with Crippen molar-refractivity contribution < 1.29 is 14.7 Å². The molecule has 0 saturated carbocycles. The summed E-state index contributed by atoms with van der Waals surface area (Å²) in [5.41, 5.74) is 5.14. The molecule has 3 atom stereocenters. The number of pyridine rings is 1. The van der Waals surface area contributed by atoms with E-state index in [2.05, 4.69) is 48.3 Å². The molecule has 1 N–H and O–H groups in total. The lowest BCUT2D eigenvalue weighted by Gasteiger charge is -2.58. The fourth-order valence-electron chi connectivity index (χ4n) is 5.11. The van der Waals surface area contributed by atoms with E-state index in [9.17, 15) is 14.7 Å². The summed E-state index contributed by atoms with van der Waals surface area (Å²) in [6, 6.07) is 19.6. The largest absolute Gasteiger partial charge is 0.394 e. The van der Waals surface area contributed by atoms with Crippen LogP contribution in [0.1, 0.15) is 27.4 Å². The van der Waals surface area contributed by atoms with Crippen LogP contribution in [0.15, 0.2) is 73.1 Å². The molecule has 0 unspecified atom stereocenters. The van der Waals surface area contributed by atoms with Gasteiger partial charge in [-0.2, -0.15) is 0 Å². The number of aryl methyl sites for hydroxylation is 1. The van der Waals surface area contributed by atoms with Crippen LogP contribution in [0.5, 0.6) is 0 Å². The van der Waals surface area contributed by atoms with Gasteiger partial charge in [-0.1, -0.05) is 48.5 Å². The summed E-state index contributed by atoms with van der Waals surface area (Å²) in [5, 5.41) is 10.0. The van der Waals surface area contributed by atoms with Crippen molar-refractivity contribution in [2.75, 3.05) is 19.7 Å². The average molecular weight is 428 g/mol. The van der Waals surface area contributed by atoms with Crippen molar-refractivity contribution in [1.29, 1.82) is 0 Å². The number of aromatic nitrogens is 1. The number of amides is 2. The molecule has 2 aromatic carbocycles. The van der Waals surface area contributed by atoms with Crippen molar-refractivity contribution in [3.05, 3.63) is 89.7 Å². The summed E-state index contributed by atoms with van der Waals surface area (Å²) >= 11 is 0. The predicted molar refractivity (Wildman–Crippen MR) is 121 cm³/mol. The van der Waals surface area contributed by atoms with Crippen molar-refractivity contribution in [3.63, 3.8) is 0 Å². The highest BCUT2D eigenvalue weighted by Gasteiger charge is 2.54. The Labute approximate surface area is 187 Å². The number of rotatable bonds is 4. The molecule has 2 fully saturated rings. The van der Waals surface area contributed by atoms with E-state index in [0.29, 0.717) is 12.1 Å². The summed E-state index contributed by atoms with van der Waals surface area (Å²) in [6.07, 6.45) is 3.16. The van der Waals surface area contributed by atoms with Crippen molar-refractivity contribution in [2.24, 2.45) is 0 Å². The predicted octanol–water partition coefficient (Wildman–Crippen LogP) is 2.87. The average Bonchev–Trinajstić information content (AvgIpc) is 2.81. The number of hydrogen-bond acceptors (Lipinski definition) is 4. The third-order valence-corrected chi connectivity index (χ3v) is 6.72. The van der Waals surface area contributed by atoms with Crippen LogP contribution < -0.4 is 0 Å². The molecule has 6 heteroatoms. The third-order valence-electron chi connectivity index (χ3n) is 6.72. The highest BCUT2D eigenvalue weighted by atomic mass is 16.3. The number of hydrogen-bond donors (Lipinski definition) is 1. The molecule has 162 valence electrons. The maximum atomic E-state index is 12.9. The maximum Gasteiger partial charge on any atom is 0.254 e. The second-order valence-corrected chi connectivity index (χ2v) is 8.50. The molecule has 2 amide bonds. The summed E-state index contributed by atoms with van der Waals surface area (Å²) in [6.45, 7) is 2.49. The fourth-order valence-corrected chi connectivity index (χ4v) is 5.11. The van der Waals surface area contributed by atoms with Crippen LogP contribution >= 0.6 is 0 Å². The van der Waals surface area contributed by atoms with Crippen molar-refractivity contribution >= 4 is 11.8 Å². The number of carbonyl (C=O) groups is 2. The normalized spacial score (nSPS) is 22.3. The second-order valence-electron chi connectivity index (χ2n) is 8.50. The molecule has 2 saturated heterocycles. The number of fused-ring (bicyclic) bond motifs is 1. The molecule has 1 aromatic heterocycles. The van der Waals surface area contributed by atoms with E-state index in [1.807, 2.05) is 12.1 Å². The van der Waals surface area contributed by atoms with Gasteiger partial charge >= 0.3 is 0 Å². The summed E-state index contributed by atoms with van der Waals surface area (Å²) in [5.74, 6) is -0.292. The molecular formula is C26H25N3O3. The van der Waals surface area contributed by atoms with E-state index in [1.54, 1.807) is 34.3 Å². The van der Waals surface area contributed by atoms with Crippen LogP contribution in [0.3, 0.4) is 0 Å². The molecule has 3 aromatic rings. The van der Waals surface area contributed by atoms with E-state index < -0.39 is 0 Å². The summed E-state index contributed by atoms with van der Waals surface area (Å²) in [4.78, 5) is 33.1. The van der Waals surface area contributed by atoms with Crippen LogP contribution in [-0.2, 0) is 4.79 Å². The number of carbonyl (C=O) groups excluding carboxylic acids is 2. The Bertz CT molecular complexity index is 1150. The minimum atomic E-state index is -0.255. The van der Waals surface area contributed by atoms with E-state index >= 15 is 0 Å². The van der Waals surface area contributed by atoms with Crippen LogP contribution in [0.25, 0.3) is 11.1 Å². The molecule has 32 heavy (non-hydrogen) atoms. The van der Waals surface area contributed by atoms with Crippen molar-refractivity contribution in [1.82, 2.24) is 14.8 Å². The Morgan fingerprint density at radius 1 is 1.06 bits per heavy atom. The Morgan fingerprint density at radius 3 is 2.47 bits per heavy atom. The van der Waals surface area contributed by atoms with E-state index in [0.717, 1.165) is 11.1 Å². The van der Waals surface area contributed by atoms with Crippen LogP contribution in [-0.4, -0.2) is 63.5 Å². The van der Waals surface area contributed by atoms with Crippen LogP contribution in [0.4, 0.5) is 0 Å². The highest BCUT2D eigenvalue weighted by molar-refractivity contribution is 5.97. The number of aliphatic hydroxyl groups excluding tert-OH is 1. The maximum absolute atomic E-state index is 12.9. The van der Waals surface area contributed by atoms with Gasteiger partial charge in [0.25, 0.3) is 5.91 Å². The Balaban J connectivity index is 1.40. The number of benzene rings is 2. The zero-order chi connectivity index (χ0) is 22.2. The van der Waals surface area contributed by atoms with Crippen LogP contribution in [0, 0.1) is 6.92 Å². The van der Waals surface area contributed by atoms with E-state index in [1.165, 1.54) is 11.1 Å². The van der Waals surface area contributed by atoms with Gasteiger partial charge in [0.2, 0.25) is 5.91 Å². The minimum Gasteiger partial charge on any atom is -0.394 e. The number of nitrogens with zero attached hydrogens (tertiary/aromatic N) is 3. The summed E-state index contributed by atoms with van der Waals surface area (Å²) in [7, 11) is 0. The van der Waals surface area contributed by atoms with Gasteiger partial charge in [0.1, 0.15) is 6.54 Å². The first-order valence-electron chi connectivity index (χ1n) is 10.9. The minimum absolute atomic E-state index is 0.0112. The third kappa shape index (κ3) is 3.37. The summed E-state index contributed by atoms with van der Waals surface area (Å²) < 4.78 is 0. The quantitative estimate of drug-likeness (QED) is 0.695. The van der Waals surface area contributed by atoms with Gasteiger partial charge in [-0.05, 0) is 41.3 Å². The molecule has 0 spiro atoms. The SMILES string of the molecule is Cc1ccccc1-c1ccc([C@@H]2[C@H](CO)N3C(=O)CN(C(=O)c4ccncc4)C[C@@H]23)cc1. The highest BCUT2D eigenvalue weighted by Crippen LogP contribution is 2.43. The lowest BCUT2D eigenvalue weighted by atomic mass is 9.73. The van der Waals surface area contributed by atoms with Gasteiger partial charge in [-0.3, -0.25) is 14.6 Å². The number of piperazine rings is 1.